The number of rotatable bonds is 17. The molecule has 2 aliphatic heterocycles. The molecular formula is C46H47F2N4O10P. The molecule has 2 saturated heterocycles. The molecule has 4 aromatic carbocycles. The van der Waals surface area contributed by atoms with Crippen molar-refractivity contribution in [2.75, 3.05) is 42.6 Å². The number of piperidine rings is 1. The monoisotopic (exact) mass is 884 g/mol. The summed E-state index contributed by atoms with van der Waals surface area (Å²) in [6, 6.07) is 25.0. The number of nitrogens with zero attached hydrogens (tertiary/aromatic N) is 3. The standard InChI is InChI=1S/C46H47F2N4O10P/c1-30(53)38-26-51(34-13-14-34)41-23-42(39(47)22-37(41)44(38)55)50-19-17-46(18-20-50,62-63(57,59-27-32-9-5-3-6-10-32)60-28-33-11-7-4-8-12-33)29-58-43-16-15-35(21-40(43)48)52-25-36(61-45(52)56)24-49-31(2)54/h3-12,15-16,21-23,26,34,36H,13-14,17-20,24-25,27-29H2,1-2H3,(H,49,54)/t36-/m0/s1. The van der Waals surface area contributed by atoms with Gasteiger partial charge in [0.15, 0.2) is 22.8 Å². The van der Waals surface area contributed by atoms with Crippen LogP contribution >= 0.6 is 7.82 Å². The Morgan fingerprint density at radius 3 is 2.11 bits per heavy atom. The van der Waals surface area contributed by atoms with Gasteiger partial charge in [-0.05, 0) is 68.0 Å². The van der Waals surface area contributed by atoms with Gasteiger partial charge in [-0.3, -0.25) is 32.9 Å². The predicted molar refractivity (Wildman–Crippen MR) is 230 cm³/mol. The number of anilines is 2. The number of carbonyl (C=O) groups is 3. The molecule has 3 heterocycles. The van der Waals surface area contributed by atoms with E-state index in [1.807, 2.05) is 41.0 Å². The summed E-state index contributed by atoms with van der Waals surface area (Å²) in [4.78, 5) is 52.8. The van der Waals surface area contributed by atoms with Gasteiger partial charge >= 0.3 is 13.9 Å². The third-order valence-electron chi connectivity index (χ3n) is 11.4. The minimum atomic E-state index is -4.44. The van der Waals surface area contributed by atoms with Crippen LogP contribution in [0.1, 0.15) is 67.1 Å². The molecule has 1 aromatic heterocycles. The van der Waals surface area contributed by atoms with Crippen molar-refractivity contribution >= 4 is 47.9 Å². The van der Waals surface area contributed by atoms with Crippen LogP contribution in [0.15, 0.2) is 102 Å². The highest BCUT2D eigenvalue weighted by molar-refractivity contribution is 7.48. The van der Waals surface area contributed by atoms with E-state index in [-0.39, 0.29) is 98.9 Å². The van der Waals surface area contributed by atoms with Gasteiger partial charge in [-0.25, -0.2) is 18.1 Å². The lowest BCUT2D eigenvalue weighted by Gasteiger charge is -2.43. The second-order valence-corrected chi connectivity index (χ2v) is 17.7. The first kappa shape index (κ1) is 43.7. The Kier molecular flexibility index (Phi) is 12.8. The lowest BCUT2D eigenvalue weighted by Crippen LogP contribution is -2.49. The van der Waals surface area contributed by atoms with Crippen LogP contribution in [0.3, 0.4) is 0 Å². The Morgan fingerprint density at radius 1 is 0.873 bits per heavy atom. The molecule has 3 fully saturated rings. The van der Waals surface area contributed by atoms with E-state index in [1.54, 1.807) is 41.4 Å². The summed E-state index contributed by atoms with van der Waals surface area (Å²) in [6.07, 6.45) is 2.14. The average molecular weight is 885 g/mol. The lowest BCUT2D eigenvalue weighted by molar-refractivity contribution is -0.119. The predicted octanol–water partition coefficient (Wildman–Crippen LogP) is 8.25. The molecule has 330 valence electrons. The van der Waals surface area contributed by atoms with Crippen molar-refractivity contribution in [3.8, 4) is 5.75 Å². The van der Waals surface area contributed by atoms with Crippen molar-refractivity contribution in [2.45, 2.75) is 70.5 Å². The number of pyridine rings is 1. The van der Waals surface area contributed by atoms with Gasteiger partial charge in [-0.2, -0.15) is 0 Å². The van der Waals surface area contributed by atoms with E-state index in [0.29, 0.717) is 16.6 Å². The smallest absolute Gasteiger partial charge is 0.476 e. The van der Waals surface area contributed by atoms with Crippen LogP contribution in [0, 0.1) is 11.6 Å². The van der Waals surface area contributed by atoms with E-state index >= 15 is 8.78 Å². The number of fused-ring (bicyclic) bond motifs is 1. The molecule has 0 radical (unpaired) electrons. The molecule has 1 atom stereocenters. The van der Waals surface area contributed by atoms with Gasteiger partial charge in [0, 0.05) is 43.7 Å². The molecule has 1 N–H and O–H groups in total. The number of phosphoric acid groups is 1. The highest BCUT2D eigenvalue weighted by Crippen LogP contribution is 2.56. The van der Waals surface area contributed by atoms with E-state index in [9.17, 15) is 23.7 Å². The molecule has 17 heteroatoms. The number of cyclic esters (lactones) is 1. The van der Waals surface area contributed by atoms with Gasteiger partial charge in [0.1, 0.15) is 24.1 Å². The van der Waals surface area contributed by atoms with Crippen LogP contribution in [0.5, 0.6) is 5.75 Å². The van der Waals surface area contributed by atoms with Crippen LogP contribution < -0.4 is 25.3 Å². The van der Waals surface area contributed by atoms with E-state index < -0.39 is 48.5 Å². The Morgan fingerprint density at radius 2 is 1.52 bits per heavy atom. The number of hydrogen-bond acceptors (Lipinski definition) is 11. The minimum Gasteiger partial charge on any atom is -0.487 e. The molecule has 8 rings (SSSR count). The first-order chi connectivity index (χ1) is 30.3. The van der Waals surface area contributed by atoms with Gasteiger partial charge in [0.25, 0.3) is 0 Å². The summed E-state index contributed by atoms with van der Waals surface area (Å²) in [5.41, 5.74) is 0.418. The van der Waals surface area contributed by atoms with E-state index in [2.05, 4.69) is 5.32 Å². The number of phosphoric ester groups is 1. The largest absolute Gasteiger partial charge is 0.487 e. The van der Waals surface area contributed by atoms with E-state index in [0.717, 1.165) is 18.9 Å². The van der Waals surface area contributed by atoms with Crippen molar-refractivity contribution in [2.24, 2.45) is 0 Å². The summed E-state index contributed by atoms with van der Waals surface area (Å²) in [7, 11) is -4.44. The van der Waals surface area contributed by atoms with E-state index in [1.165, 1.54) is 36.9 Å². The number of ketones is 1. The van der Waals surface area contributed by atoms with Crippen LogP contribution in [0.25, 0.3) is 10.9 Å². The Labute approximate surface area is 362 Å². The maximum Gasteiger partial charge on any atom is 0.476 e. The highest BCUT2D eigenvalue weighted by atomic mass is 31.2. The molecule has 14 nitrogen and oxygen atoms in total. The number of carbonyl (C=O) groups excluding carboxylic acids is 3. The number of benzene rings is 4. The molecule has 2 amide bonds. The number of amides is 2. The highest BCUT2D eigenvalue weighted by Gasteiger charge is 2.45. The SMILES string of the molecule is CC(=O)NC[C@H]1CN(c2ccc(OCC3(OP(=O)(OCc4ccccc4)OCc4ccccc4)CCN(c4cc5c(cc4F)c(=O)c(C(C)=O)cn5C4CC4)CC3)c(F)c2)C(=O)O1. The van der Waals surface area contributed by atoms with Gasteiger partial charge < -0.3 is 24.3 Å². The summed E-state index contributed by atoms with van der Waals surface area (Å²) in [5.74, 6) is -2.30. The third kappa shape index (κ3) is 10.2. The minimum absolute atomic E-state index is 0.00631. The normalized spacial score (nSPS) is 17.5. The maximum absolute atomic E-state index is 16.1. The zero-order chi connectivity index (χ0) is 44.3. The van der Waals surface area contributed by atoms with Crippen LogP contribution in [-0.2, 0) is 40.9 Å². The van der Waals surface area contributed by atoms with Crippen molar-refractivity contribution in [1.82, 2.24) is 9.88 Å². The Bertz CT molecular complexity index is 2570. The van der Waals surface area contributed by atoms with Crippen LogP contribution in [-0.4, -0.2) is 66.8 Å². The van der Waals surface area contributed by atoms with Gasteiger partial charge in [0.2, 0.25) is 5.91 Å². The molecule has 3 aliphatic rings. The van der Waals surface area contributed by atoms with Crippen LogP contribution in [0.2, 0.25) is 0 Å². The molecule has 0 unspecified atom stereocenters. The zero-order valence-electron chi connectivity index (χ0n) is 34.8. The second kappa shape index (κ2) is 18.4. The first-order valence-electron chi connectivity index (χ1n) is 20.8. The number of hydrogen-bond donors (Lipinski definition) is 1. The number of nitrogens with one attached hydrogen (secondary N) is 1. The van der Waals surface area contributed by atoms with Crippen molar-refractivity contribution in [3.63, 3.8) is 0 Å². The fraction of sp³-hybridized carbons (Fsp3) is 0.348. The quantitative estimate of drug-likeness (QED) is 0.0709. The van der Waals surface area contributed by atoms with Crippen molar-refractivity contribution < 1.29 is 50.8 Å². The van der Waals surface area contributed by atoms with Gasteiger partial charge in [-0.1, -0.05) is 60.7 Å². The molecule has 63 heavy (non-hydrogen) atoms. The summed E-state index contributed by atoms with van der Waals surface area (Å²) in [5, 5.41) is 2.72. The summed E-state index contributed by atoms with van der Waals surface area (Å²) < 4.78 is 78.6. The zero-order valence-corrected chi connectivity index (χ0v) is 35.7. The molecule has 1 aliphatic carbocycles. The summed E-state index contributed by atoms with van der Waals surface area (Å²) in [6.45, 7) is 2.60. The van der Waals surface area contributed by atoms with Gasteiger partial charge in [-0.15, -0.1) is 0 Å². The van der Waals surface area contributed by atoms with Gasteiger partial charge in [0.05, 0.1) is 48.8 Å². The van der Waals surface area contributed by atoms with Crippen molar-refractivity contribution in [3.05, 3.63) is 136 Å². The summed E-state index contributed by atoms with van der Waals surface area (Å²) >= 11 is 0. The maximum atomic E-state index is 16.1. The number of Topliss-reactive ketones (excluding diaryl/α,β-unsaturated/α-hetero) is 1. The Hall–Kier alpha value is -5.93. The number of aromatic nitrogens is 1. The molecule has 1 saturated carbocycles. The van der Waals surface area contributed by atoms with E-state index in [4.69, 9.17) is 23.0 Å². The number of halogens is 2. The first-order valence-corrected chi connectivity index (χ1v) is 22.2. The molecule has 5 aromatic rings. The topological polar surface area (TPSA) is 155 Å². The lowest BCUT2D eigenvalue weighted by atomic mass is 9.92. The second-order valence-electron chi connectivity index (χ2n) is 16.1. The Balaban J connectivity index is 1.07. The fourth-order valence-electron chi connectivity index (χ4n) is 7.79. The number of ether oxygens (including phenoxy) is 2. The van der Waals surface area contributed by atoms with Crippen molar-refractivity contribution in [1.29, 1.82) is 0 Å². The fourth-order valence-corrected chi connectivity index (χ4v) is 9.29. The molecule has 0 spiro atoms. The van der Waals surface area contributed by atoms with Crippen LogP contribution in [0.4, 0.5) is 25.0 Å². The molecule has 0 bridgehead atoms. The molecular weight excluding hydrogens is 837 g/mol. The third-order valence-corrected chi connectivity index (χ3v) is 12.9. The average Bonchev–Trinajstić information content (AvgIpc) is 4.05.